The molecule has 0 aliphatic rings. The molecular formula is C18H16FN3O2. The van der Waals surface area contributed by atoms with Crippen LogP contribution in [0.1, 0.15) is 16.7 Å². The molecule has 24 heavy (non-hydrogen) atoms. The molecule has 0 fully saturated rings. The summed E-state index contributed by atoms with van der Waals surface area (Å²) in [5.41, 5.74) is 7.03. The lowest BCUT2D eigenvalue weighted by atomic mass is 10.00. The number of nitriles is 1. The zero-order chi connectivity index (χ0) is 17.5. The first kappa shape index (κ1) is 17.2. The second-order valence-corrected chi connectivity index (χ2v) is 5.30. The van der Waals surface area contributed by atoms with Gasteiger partial charge < -0.3 is 11.1 Å². The van der Waals surface area contributed by atoms with Gasteiger partial charge in [0.1, 0.15) is 11.9 Å². The van der Waals surface area contributed by atoms with Crippen molar-refractivity contribution in [3.05, 3.63) is 71.0 Å². The SMILES string of the molecule is N#Cc1ccccc1C[C@H](NC(=O)Cc1ccc(F)cc1)C(N)=O. The Morgan fingerprint density at radius 3 is 2.46 bits per heavy atom. The van der Waals surface area contributed by atoms with E-state index in [1.54, 1.807) is 24.3 Å². The molecular weight excluding hydrogens is 309 g/mol. The van der Waals surface area contributed by atoms with E-state index in [-0.39, 0.29) is 18.7 Å². The van der Waals surface area contributed by atoms with E-state index in [0.29, 0.717) is 16.7 Å². The number of nitrogens with zero attached hydrogens (tertiary/aromatic N) is 1. The third-order valence-corrected chi connectivity index (χ3v) is 3.52. The second kappa shape index (κ2) is 7.88. The predicted octanol–water partition coefficient (Wildman–Crippen LogP) is 1.45. The zero-order valence-electron chi connectivity index (χ0n) is 12.8. The van der Waals surface area contributed by atoms with Gasteiger partial charge >= 0.3 is 0 Å². The number of nitrogens with one attached hydrogen (secondary N) is 1. The Morgan fingerprint density at radius 2 is 1.83 bits per heavy atom. The van der Waals surface area contributed by atoms with E-state index in [4.69, 9.17) is 11.0 Å². The molecule has 0 radical (unpaired) electrons. The second-order valence-electron chi connectivity index (χ2n) is 5.30. The summed E-state index contributed by atoms with van der Waals surface area (Å²) < 4.78 is 12.9. The Morgan fingerprint density at radius 1 is 1.17 bits per heavy atom. The van der Waals surface area contributed by atoms with Gasteiger partial charge in [-0.2, -0.15) is 5.26 Å². The minimum atomic E-state index is -0.924. The summed E-state index contributed by atoms with van der Waals surface area (Å²) in [6.07, 6.45) is 0.137. The van der Waals surface area contributed by atoms with Gasteiger partial charge in [-0.05, 0) is 29.3 Å². The molecule has 0 aliphatic heterocycles. The Labute approximate surface area is 138 Å². The zero-order valence-corrected chi connectivity index (χ0v) is 12.8. The van der Waals surface area contributed by atoms with Gasteiger partial charge in [0, 0.05) is 6.42 Å². The van der Waals surface area contributed by atoms with Crippen molar-refractivity contribution in [3.63, 3.8) is 0 Å². The molecule has 122 valence electrons. The molecule has 6 heteroatoms. The number of nitrogens with two attached hydrogens (primary N) is 1. The summed E-state index contributed by atoms with van der Waals surface area (Å²) in [6, 6.07) is 13.4. The molecule has 5 nitrogen and oxygen atoms in total. The van der Waals surface area contributed by atoms with Crippen molar-refractivity contribution in [2.45, 2.75) is 18.9 Å². The summed E-state index contributed by atoms with van der Waals surface area (Å²) in [6.45, 7) is 0. The smallest absolute Gasteiger partial charge is 0.240 e. The maximum Gasteiger partial charge on any atom is 0.240 e. The Balaban J connectivity index is 2.05. The predicted molar refractivity (Wildman–Crippen MR) is 86.1 cm³/mol. The lowest BCUT2D eigenvalue weighted by Gasteiger charge is -2.16. The number of hydrogen-bond acceptors (Lipinski definition) is 3. The third kappa shape index (κ3) is 4.65. The van der Waals surface area contributed by atoms with Crippen molar-refractivity contribution in [2.24, 2.45) is 5.73 Å². The van der Waals surface area contributed by atoms with Crippen LogP contribution in [-0.4, -0.2) is 17.9 Å². The maximum absolute atomic E-state index is 12.9. The molecule has 0 spiro atoms. The van der Waals surface area contributed by atoms with Crippen molar-refractivity contribution >= 4 is 11.8 Å². The van der Waals surface area contributed by atoms with E-state index in [1.165, 1.54) is 24.3 Å². The van der Waals surface area contributed by atoms with Gasteiger partial charge in [0.25, 0.3) is 0 Å². The fourth-order valence-electron chi connectivity index (χ4n) is 2.28. The van der Waals surface area contributed by atoms with Gasteiger partial charge in [0.05, 0.1) is 18.1 Å². The highest BCUT2D eigenvalue weighted by molar-refractivity contribution is 5.87. The van der Waals surface area contributed by atoms with Crippen molar-refractivity contribution < 1.29 is 14.0 Å². The molecule has 0 aliphatic carbocycles. The summed E-state index contributed by atoms with van der Waals surface area (Å²) >= 11 is 0. The number of benzene rings is 2. The molecule has 0 unspecified atom stereocenters. The fraction of sp³-hybridized carbons (Fsp3) is 0.167. The average Bonchev–Trinajstić information content (AvgIpc) is 2.56. The van der Waals surface area contributed by atoms with Gasteiger partial charge in [-0.25, -0.2) is 4.39 Å². The fourth-order valence-corrected chi connectivity index (χ4v) is 2.28. The number of carbonyl (C=O) groups excluding carboxylic acids is 2. The summed E-state index contributed by atoms with van der Waals surface area (Å²) in [4.78, 5) is 23.7. The lowest BCUT2D eigenvalue weighted by Crippen LogP contribution is -2.46. The highest BCUT2D eigenvalue weighted by Gasteiger charge is 2.20. The van der Waals surface area contributed by atoms with Gasteiger partial charge in [0.2, 0.25) is 11.8 Å². The van der Waals surface area contributed by atoms with Crippen LogP contribution in [0.15, 0.2) is 48.5 Å². The molecule has 0 heterocycles. The normalized spacial score (nSPS) is 11.3. The van der Waals surface area contributed by atoms with E-state index in [1.807, 2.05) is 6.07 Å². The van der Waals surface area contributed by atoms with Crippen LogP contribution in [0, 0.1) is 17.1 Å². The first-order chi connectivity index (χ1) is 11.5. The molecule has 2 amide bonds. The van der Waals surface area contributed by atoms with Crippen LogP contribution < -0.4 is 11.1 Å². The molecule has 0 saturated heterocycles. The average molecular weight is 325 g/mol. The molecule has 3 N–H and O–H groups in total. The van der Waals surface area contributed by atoms with Crippen molar-refractivity contribution in [2.75, 3.05) is 0 Å². The summed E-state index contributed by atoms with van der Waals surface area (Å²) in [5.74, 6) is -1.47. The van der Waals surface area contributed by atoms with Crippen molar-refractivity contribution in [1.29, 1.82) is 5.26 Å². The number of halogens is 1. The standard InChI is InChI=1S/C18H16FN3O2/c19-15-7-5-12(6-8-15)9-17(23)22-16(18(21)24)10-13-3-1-2-4-14(13)11-20/h1-8,16H,9-10H2,(H2,21,24)(H,22,23)/t16-/m0/s1. The van der Waals surface area contributed by atoms with E-state index >= 15 is 0 Å². The monoisotopic (exact) mass is 325 g/mol. The molecule has 2 rings (SSSR count). The maximum atomic E-state index is 12.9. The largest absolute Gasteiger partial charge is 0.368 e. The topological polar surface area (TPSA) is 96.0 Å². The van der Waals surface area contributed by atoms with E-state index in [9.17, 15) is 14.0 Å². The van der Waals surface area contributed by atoms with Gasteiger partial charge in [0.15, 0.2) is 0 Å². The van der Waals surface area contributed by atoms with E-state index in [0.717, 1.165) is 0 Å². The number of amides is 2. The van der Waals surface area contributed by atoms with Crippen LogP contribution in [0.5, 0.6) is 0 Å². The molecule has 2 aromatic rings. The van der Waals surface area contributed by atoms with Crippen LogP contribution in [0.25, 0.3) is 0 Å². The molecule has 0 bridgehead atoms. The molecule has 2 aromatic carbocycles. The summed E-state index contributed by atoms with van der Waals surface area (Å²) in [7, 11) is 0. The van der Waals surface area contributed by atoms with Gasteiger partial charge in [-0.15, -0.1) is 0 Å². The first-order valence-electron chi connectivity index (χ1n) is 7.30. The minimum absolute atomic E-state index is 0.00393. The van der Waals surface area contributed by atoms with Crippen LogP contribution in [0.2, 0.25) is 0 Å². The van der Waals surface area contributed by atoms with Crippen molar-refractivity contribution in [3.8, 4) is 6.07 Å². The molecule has 0 aromatic heterocycles. The number of rotatable bonds is 6. The Bertz CT molecular complexity index is 782. The van der Waals surface area contributed by atoms with Gasteiger partial charge in [-0.3, -0.25) is 9.59 Å². The van der Waals surface area contributed by atoms with Crippen LogP contribution in [0.4, 0.5) is 4.39 Å². The van der Waals surface area contributed by atoms with E-state index in [2.05, 4.69) is 5.32 Å². The van der Waals surface area contributed by atoms with Crippen molar-refractivity contribution in [1.82, 2.24) is 5.32 Å². The number of primary amides is 1. The summed E-state index contributed by atoms with van der Waals surface area (Å²) in [5, 5.41) is 11.6. The minimum Gasteiger partial charge on any atom is -0.368 e. The highest BCUT2D eigenvalue weighted by Crippen LogP contribution is 2.10. The first-order valence-corrected chi connectivity index (χ1v) is 7.30. The van der Waals surface area contributed by atoms with Crippen LogP contribution >= 0.6 is 0 Å². The number of carbonyl (C=O) groups is 2. The highest BCUT2D eigenvalue weighted by atomic mass is 19.1. The molecule has 1 atom stereocenters. The quantitative estimate of drug-likeness (QED) is 0.841. The van der Waals surface area contributed by atoms with Crippen LogP contribution in [-0.2, 0) is 22.4 Å². The Kier molecular flexibility index (Phi) is 5.63. The lowest BCUT2D eigenvalue weighted by molar-refractivity contribution is -0.127. The third-order valence-electron chi connectivity index (χ3n) is 3.52. The van der Waals surface area contributed by atoms with Gasteiger partial charge in [-0.1, -0.05) is 30.3 Å². The van der Waals surface area contributed by atoms with E-state index < -0.39 is 17.9 Å². The van der Waals surface area contributed by atoms with Crippen LogP contribution in [0.3, 0.4) is 0 Å². The Hall–Kier alpha value is -3.20. The molecule has 0 saturated carbocycles. The number of hydrogen-bond donors (Lipinski definition) is 2.